The number of benzene rings is 1. The van der Waals surface area contributed by atoms with Gasteiger partial charge in [-0.25, -0.2) is 0 Å². The monoisotopic (exact) mass is 423 g/mol. The van der Waals surface area contributed by atoms with Gasteiger partial charge in [-0.2, -0.15) is 5.10 Å². The van der Waals surface area contributed by atoms with E-state index in [4.69, 9.17) is 23.2 Å². The van der Waals surface area contributed by atoms with E-state index in [1.807, 2.05) is 17.2 Å². The Kier molecular flexibility index (Phi) is 5.25. The Morgan fingerprint density at radius 3 is 2.81 bits per heavy atom. The third kappa shape index (κ3) is 3.63. The zero-order valence-corrected chi connectivity index (χ0v) is 16.8. The molecule has 0 bridgehead atoms. The minimum atomic E-state index is -1.05. The minimum Gasteiger partial charge on any atom is -0.385 e. The van der Waals surface area contributed by atoms with Crippen molar-refractivity contribution >= 4 is 45.8 Å². The SMILES string of the molecule is O=C(C1C=C(c2cn[nH]c2)SC1)N1CCC(O)(c2cccc(Cl)c2Cl)CC1. The van der Waals surface area contributed by atoms with Gasteiger partial charge in [0.1, 0.15) is 0 Å². The van der Waals surface area contributed by atoms with Gasteiger partial charge in [-0.3, -0.25) is 9.89 Å². The predicted molar refractivity (Wildman–Crippen MR) is 109 cm³/mol. The molecule has 0 saturated carbocycles. The Hall–Kier alpha value is -1.47. The molecule has 5 nitrogen and oxygen atoms in total. The average molecular weight is 424 g/mol. The molecule has 0 aliphatic carbocycles. The zero-order valence-electron chi connectivity index (χ0n) is 14.5. The number of piperidine rings is 1. The summed E-state index contributed by atoms with van der Waals surface area (Å²) < 4.78 is 0. The number of aromatic nitrogens is 2. The van der Waals surface area contributed by atoms with Gasteiger partial charge in [-0.1, -0.05) is 41.4 Å². The van der Waals surface area contributed by atoms with Crippen LogP contribution in [0.5, 0.6) is 0 Å². The number of rotatable bonds is 3. The molecule has 142 valence electrons. The Balaban J connectivity index is 1.43. The van der Waals surface area contributed by atoms with E-state index in [9.17, 15) is 9.90 Å². The predicted octanol–water partition coefficient (Wildman–Crippen LogP) is 3.93. The fraction of sp³-hybridized carbons (Fsp3) is 0.368. The number of nitrogens with zero attached hydrogens (tertiary/aromatic N) is 2. The molecule has 3 heterocycles. The molecule has 0 radical (unpaired) electrons. The summed E-state index contributed by atoms with van der Waals surface area (Å²) >= 11 is 14.1. The number of nitrogens with one attached hydrogen (secondary N) is 1. The van der Waals surface area contributed by atoms with E-state index in [-0.39, 0.29) is 11.8 Å². The molecule has 0 spiro atoms. The first-order valence-corrected chi connectivity index (χ1v) is 10.5. The van der Waals surface area contributed by atoms with E-state index >= 15 is 0 Å². The smallest absolute Gasteiger partial charge is 0.230 e. The minimum absolute atomic E-state index is 0.111. The normalized spacial score (nSPS) is 22.0. The molecule has 27 heavy (non-hydrogen) atoms. The number of H-pyrrole nitrogens is 1. The summed E-state index contributed by atoms with van der Waals surface area (Å²) in [6, 6.07) is 5.30. The van der Waals surface area contributed by atoms with Gasteiger partial charge in [-0.05, 0) is 18.9 Å². The lowest BCUT2D eigenvalue weighted by atomic mass is 9.84. The topological polar surface area (TPSA) is 69.2 Å². The number of hydrogen-bond acceptors (Lipinski definition) is 4. The van der Waals surface area contributed by atoms with Crippen molar-refractivity contribution in [2.45, 2.75) is 18.4 Å². The Morgan fingerprint density at radius 2 is 2.11 bits per heavy atom. The highest BCUT2D eigenvalue weighted by Gasteiger charge is 2.39. The number of carbonyl (C=O) groups excluding carboxylic acids is 1. The molecule has 2 aromatic rings. The van der Waals surface area contributed by atoms with Gasteiger partial charge in [0.15, 0.2) is 0 Å². The van der Waals surface area contributed by atoms with Crippen LogP contribution in [0.3, 0.4) is 0 Å². The van der Waals surface area contributed by atoms with Crippen LogP contribution in [0.25, 0.3) is 4.91 Å². The Morgan fingerprint density at radius 1 is 1.33 bits per heavy atom. The highest BCUT2D eigenvalue weighted by atomic mass is 35.5. The molecular formula is C19H19Cl2N3O2S. The van der Waals surface area contributed by atoms with Crippen LogP contribution in [-0.4, -0.2) is 45.0 Å². The lowest BCUT2D eigenvalue weighted by molar-refractivity contribution is -0.137. The van der Waals surface area contributed by atoms with Crippen molar-refractivity contribution in [1.29, 1.82) is 0 Å². The van der Waals surface area contributed by atoms with E-state index in [0.717, 1.165) is 16.2 Å². The first-order chi connectivity index (χ1) is 13.0. The number of aromatic amines is 1. The second-order valence-electron chi connectivity index (χ2n) is 6.89. The molecule has 1 amide bonds. The highest BCUT2D eigenvalue weighted by molar-refractivity contribution is 8.08. The lowest BCUT2D eigenvalue weighted by Gasteiger charge is -2.39. The lowest BCUT2D eigenvalue weighted by Crippen LogP contribution is -2.47. The molecule has 1 saturated heterocycles. The summed E-state index contributed by atoms with van der Waals surface area (Å²) in [5.74, 6) is 0.710. The summed E-state index contributed by atoms with van der Waals surface area (Å²) in [4.78, 5) is 15.8. The first kappa shape index (κ1) is 18.9. The number of amides is 1. The summed E-state index contributed by atoms with van der Waals surface area (Å²) in [6.07, 6.45) is 6.50. The van der Waals surface area contributed by atoms with E-state index in [0.29, 0.717) is 41.5 Å². The van der Waals surface area contributed by atoms with E-state index in [2.05, 4.69) is 10.2 Å². The molecule has 1 unspecified atom stereocenters. The van der Waals surface area contributed by atoms with Gasteiger partial charge >= 0.3 is 0 Å². The molecule has 2 aliphatic heterocycles. The van der Waals surface area contributed by atoms with Crippen LogP contribution in [0.4, 0.5) is 0 Å². The maximum absolute atomic E-state index is 12.9. The van der Waals surface area contributed by atoms with Crippen molar-refractivity contribution in [3.05, 3.63) is 57.8 Å². The fourth-order valence-corrected chi connectivity index (χ4v) is 5.24. The molecule has 2 aliphatic rings. The first-order valence-electron chi connectivity index (χ1n) is 8.77. The van der Waals surface area contributed by atoms with Gasteiger partial charge in [0.2, 0.25) is 5.91 Å². The van der Waals surface area contributed by atoms with Crippen molar-refractivity contribution in [3.8, 4) is 0 Å². The van der Waals surface area contributed by atoms with Crippen LogP contribution >= 0.6 is 35.0 Å². The second kappa shape index (κ2) is 7.51. The number of hydrogen-bond donors (Lipinski definition) is 2. The molecular weight excluding hydrogens is 405 g/mol. The van der Waals surface area contributed by atoms with Crippen molar-refractivity contribution in [2.24, 2.45) is 5.92 Å². The molecule has 1 fully saturated rings. The van der Waals surface area contributed by atoms with Crippen LogP contribution in [0.15, 0.2) is 36.7 Å². The van der Waals surface area contributed by atoms with Crippen LogP contribution in [-0.2, 0) is 10.4 Å². The average Bonchev–Trinajstić information content (AvgIpc) is 3.35. The van der Waals surface area contributed by atoms with Crippen LogP contribution in [0.2, 0.25) is 10.0 Å². The van der Waals surface area contributed by atoms with Crippen LogP contribution < -0.4 is 0 Å². The van der Waals surface area contributed by atoms with Gasteiger partial charge in [0, 0.05) is 41.1 Å². The second-order valence-corrected chi connectivity index (χ2v) is 8.74. The molecule has 8 heteroatoms. The standard InChI is InChI=1S/C19H19Cl2N3O2S/c20-15-3-1-2-14(17(15)21)19(26)4-6-24(7-5-19)18(25)12-8-16(27-11-12)13-9-22-23-10-13/h1-3,8-10,12,26H,4-7,11H2,(H,22,23). The Labute approximate surface area is 171 Å². The molecule has 1 aromatic heterocycles. The molecule has 1 atom stereocenters. The number of likely N-dealkylation sites (tertiary alicyclic amines) is 1. The van der Waals surface area contributed by atoms with Crippen LogP contribution in [0, 0.1) is 5.92 Å². The largest absolute Gasteiger partial charge is 0.385 e. The van der Waals surface area contributed by atoms with E-state index in [1.165, 1.54) is 0 Å². The van der Waals surface area contributed by atoms with Gasteiger partial charge < -0.3 is 10.0 Å². The van der Waals surface area contributed by atoms with Crippen molar-refractivity contribution in [2.75, 3.05) is 18.8 Å². The highest BCUT2D eigenvalue weighted by Crippen LogP contribution is 2.41. The summed E-state index contributed by atoms with van der Waals surface area (Å²) in [6.45, 7) is 0.989. The van der Waals surface area contributed by atoms with Crippen molar-refractivity contribution < 1.29 is 9.90 Å². The number of carbonyl (C=O) groups is 1. The van der Waals surface area contributed by atoms with Crippen LogP contribution in [0.1, 0.15) is 24.0 Å². The molecule has 4 rings (SSSR count). The summed E-state index contributed by atoms with van der Waals surface area (Å²) in [5, 5.41) is 18.7. The van der Waals surface area contributed by atoms with Crippen molar-refractivity contribution in [3.63, 3.8) is 0 Å². The Bertz CT molecular complexity index is 877. The zero-order chi connectivity index (χ0) is 19.0. The van der Waals surface area contributed by atoms with Gasteiger partial charge in [-0.15, -0.1) is 11.8 Å². The maximum atomic E-state index is 12.9. The summed E-state index contributed by atoms with van der Waals surface area (Å²) in [7, 11) is 0. The quantitative estimate of drug-likeness (QED) is 0.784. The van der Waals surface area contributed by atoms with Gasteiger partial charge in [0.25, 0.3) is 0 Å². The summed E-state index contributed by atoms with van der Waals surface area (Å²) in [5.41, 5.74) is 0.599. The maximum Gasteiger partial charge on any atom is 0.230 e. The number of halogens is 2. The molecule has 2 N–H and O–H groups in total. The fourth-order valence-electron chi connectivity index (χ4n) is 3.63. The van der Waals surface area contributed by atoms with Gasteiger partial charge in [0.05, 0.1) is 27.8 Å². The van der Waals surface area contributed by atoms with E-state index < -0.39 is 5.60 Å². The number of aliphatic hydroxyl groups is 1. The third-order valence-electron chi connectivity index (χ3n) is 5.23. The van der Waals surface area contributed by atoms with E-state index in [1.54, 1.807) is 36.2 Å². The molecule has 1 aromatic carbocycles. The third-order valence-corrected chi connectivity index (χ3v) is 7.25. The number of thioether (sulfide) groups is 1. The van der Waals surface area contributed by atoms with Crippen molar-refractivity contribution in [1.82, 2.24) is 15.1 Å².